The second-order valence-corrected chi connectivity index (χ2v) is 8.14. The van der Waals surface area contributed by atoms with Gasteiger partial charge in [-0.2, -0.15) is 5.10 Å². The zero-order chi connectivity index (χ0) is 16.9. The van der Waals surface area contributed by atoms with Crippen molar-refractivity contribution < 1.29 is 0 Å². The van der Waals surface area contributed by atoms with Gasteiger partial charge in [0.15, 0.2) is 0 Å². The van der Waals surface area contributed by atoms with Crippen LogP contribution in [0.25, 0.3) is 20.7 Å². The Balaban J connectivity index is 1.72. The van der Waals surface area contributed by atoms with Crippen molar-refractivity contribution in [1.82, 2.24) is 25.1 Å². The summed E-state index contributed by atoms with van der Waals surface area (Å²) < 4.78 is 0.676. The zero-order valence-electron chi connectivity index (χ0n) is 14.1. The molecule has 0 bridgehead atoms. The molecule has 6 nitrogen and oxygen atoms in total. The van der Waals surface area contributed by atoms with Crippen LogP contribution in [0.5, 0.6) is 0 Å². The smallest absolute Gasteiger partial charge is 0.268 e. The highest BCUT2D eigenvalue weighted by atomic mass is 32.1. The molecule has 0 unspecified atom stereocenters. The van der Waals surface area contributed by atoms with Gasteiger partial charge in [-0.3, -0.25) is 14.8 Å². The molecule has 1 aliphatic heterocycles. The molecule has 3 aromatic rings. The van der Waals surface area contributed by atoms with Crippen molar-refractivity contribution in [1.29, 1.82) is 0 Å². The van der Waals surface area contributed by atoms with Crippen molar-refractivity contribution in [2.45, 2.75) is 45.7 Å². The first kappa shape index (κ1) is 15.5. The van der Waals surface area contributed by atoms with Crippen molar-refractivity contribution in [2.24, 2.45) is 0 Å². The van der Waals surface area contributed by atoms with Crippen molar-refractivity contribution in [3.05, 3.63) is 34.1 Å². The van der Waals surface area contributed by atoms with E-state index in [1.165, 1.54) is 24.2 Å². The van der Waals surface area contributed by atoms with Gasteiger partial charge in [0.1, 0.15) is 10.5 Å². The van der Waals surface area contributed by atoms with Crippen LogP contribution in [0.2, 0.25) is 0 Å². The molecule has 0 radical (unpaired) electrons. The van der Waals surface area contributed by atoms with E-state index in [0.717, 1.165) is 34.0 Å². The summed E-state index contributed by atoms with van der Waals surface area (Å²) in [5.74, 6) is 0.746. The molecule has 24 heavy (non-hydrogen) atoms. The van der Waals surface area contributed by atoms with Gasteiger partial charge in [0.25, 0.3) is 5.56 Å². The fourth-order valence-corrected chi connectivity index (χ4v) is 4.49. The summed E-state index contributed by atoms with van der Waals surface area (Å²) >= 11 is 1.47. The molecule has 0 aliphatic carbocycles. The van der Waals surface area contributed by atoms with Crippen LogP contribution in [-0.4, -0.2) is 37.1 Å². The highest BCUT2D eigenvalue weighted by Crippen LogP contribution is 2.33. The van der Waals surface area contributed by atoms with Gasteiger partial charge in [0.2, 0.25) is 0 Å². The quantitative estimate of drug-likeness (QED) is 0.766. The van der Waals surface area contributed by atoms with Gasteiger partial charge in [-0.1, -0.05) is 0 Å². The number of thiophene rings is 1. The molecule has 1 fully saturated rings. The van der Waals surface area contributed by atoms with E-state index in [1.807, 2.05) is 13.0 Å². The fraction of sp³-hybridized carbons (Fsp3) is 0.471. The molecule has 0 spiro atoms. The molecular formula is C17H21N5OS. The first-order valence-corrected chi connectivity index (χ1v) is 9.04. The molecular weight excluding hydrogens is 322 g/mol. The lowest BCUT2D eigenvalue weighted by atomic mass is 10.0. The maximum atomic E-state index is 12.5. The number of fused-ring (bicyclic) bond motifs is 1. The Morgan fingerprint density at radius 2 is 2.25 bits per heavy atom. The van der Waals surface area contributed by atoms with Gasteiger partial charge >= 0.3 is 0 Å². The molecule has 4 heterocycles. The van der Waals surface area contributed by atoms with E-state index in [1.54, 1.807) is 6.20 Å². The van der Waals surface area contributed by atoms with Crippen LogP contribution in [0, 0.1) is 6.92 Å². The number of likely N-dealkylation sites (tertiary alicyclic amines) is 1. The lowest BCUT2D eigenvalue weighted by Gasteiger charge is -2.30. The third-order valence-corrected chi connectivity index (χ3v) is 6.10. The van der Waals surface area contributed by atoms with Gasteiger partial charge in [-0.15, -0.1) is 11.3 Å². The summed E-state index contributed by atoms with van der Waals surface area (Å²) in [5, 5.41) is 7.00. The number of aryl methyl sites for hydroxylation is 1. The van der Waals surface area contributed by atoms with E-state index in [2.05, 4.69) is 33.9 Å². The van der Waals surface area contributed by atoms with E-state index in [-0.39, 0.29) is 11.1 Å². The highest BCUT2D eigenvalue weighted by molar-refractivity contribution is 7.22. The lowest BCUT2D eigenvalue weighted by molar-refractivity contribution is 0.162. The second-order valence-electron chi connectivity index (χ2n) is 7.08. The van der Waals surface area contributed by atoms with Gasteiger partial charge < -0.3 is 4.98 Å². The Morgan fingerprint density at radius 3 is 2.92 bits per heavy atom. The molecule has 0 aromatic carbocycles. The summed E-state index contributed by atoms with van der Waals surface area (Å²) in [6.07, 6.45) is 4.17. The van der Waals surface area contributed by atoms with E-state index >= 15 is 0 Å². The average Bonchev–Trinajstić information content (AvgIpc) is 3.19. The Kier molecular flexibility index (Phi) is 3.58. The molecule has 2 N–H and O–H groups in total. The topological polar surface area (TPSA) is 77.7 Å². The Labute approximate surface area is 143 Å². The third-order valence-electron chi connectivity index (χ3n) is 4.94. The largest absolute Gasteiger partial charge is 0.308 e. The predicted octanol–water partition coefficient (Wildman–Crippen LogP) is 3.06. The maximum absolute atomic E-state index is 12.5. The number of hydrogen-bond acceptors (Lipinski definition) is 5. The summed E-state index contributed by atoms with van der Waals surface area (Å²) in [6.45, 7) is 8.22. The van der Waals surface area contributed by atoms with Gasteiger partial charge in [-0.05, 0) is 46.2 Å². The molecule has 126 valence electrons. The van der Waals surface area contributed by atoms with Crippen LogP contribution < -0.4 is 5.56 Å². The number of H-pyrrole nitrogens is 2. The van der Waals surface area contributed by atoms with Gasteiger partial charge in [0.05, 0.1) is 18.3 Å². The van der Waals surface area contributed by atoms with Crippen LogP contribution in [0.4, 0.5) is 0 Å². The minimum Gasteiger partial charge on any atom is -0.308 e. The number of rotatable bonds is 3. The average molecular weight is 343 g/mol. The Bertz CT molecular complexity index is 951. The summed E-state index contributed by atoms with van der Waals surface area (Å²) in [4.78, 5) is 23.6. The fourth-order valence-electron chi connectivity index (χ4n) is 3.43. The highest BCUT2D eigenvalue weighted by Gasteiger charge is 2.32. The first-order valence-electron chi connectivity index (χ1n) is 8.22. The van der Waals surface area contributed by atoms with Crippen molar-refractivity contribution >= 4 is 21.6 Å². The Morgan fingerprint density at radius 1 is 1.42 bits per heavy atom. The third kappa shape index (κ3) is 2.57. The molecule has 3 aromatic heterocycles. The molecule has 1 aliphatic rings. The van der Waals surface area contributed by atoms with Crippen molar-refractivity contribution in [2.75, 3.05) is 6.54 Å². The van der Waals surface area contributed by atoms with Crippen LogP contribution >= 0.6 is 11.3 Å². The lowest BCUT2D eigenvalue weighted by Crippen LogP contribution is -2.38. The summed E-state index contributed by atoms with van der Waals surface area (Å²) in [6, 6.07) is 1.99. The van der Waals surface area contributed by atoms with Crippen molar-refractivity contribution in [3.63, 3.8) is 0 Å². The van der Waals surface area contributed by atoms with E-state index in [0.29, 0.717) is 11.2 Å². The summed E-state index contributed by atoms with van der Waals surface area (Å²) in [7, 11) is 0. The molecule has 0 amide bonds. The number of aromatic nitrogens is 4. The number of nitrogens with one attached hydrogen (secondary N) is 2. The monoisotopic (exact) mass is 343 g/mol. The second kappa shape index (κ2) is 5.53. The molecule has 7 heteroatoms. The first-order chi connectivity index (χ1) is 11.4. The molecule has 1 saturated heterocycles. The van der Waals surface area contributed by atoms with E-state index < -0.39 is 0 Å². The van der Waals surface area contributed by atoms with Crippen LogP contribution in [0.15, 0.2) is 17.1 Å². The minimum absolute atomic E-state index is 0.0515. The van der Waals surface area contributed by atoms with Gasteiger partial charge in [-0.25, -0.2) is 4.98 Å². The van der Waals surface area contributed by atoms with Crippen LogP contribution in [0.1, 0.15) is 38.2 Å². The van der Waals surface area contributed by atoms with Crippen molar-refractivity contribution in [3.8, 4) is 10.4 Å². The Hall–Kier alpha value is -1.99. The number of nitrogens with zero attached hydrogens (tertiary/aromatic N) is 3. The normalized spacial score (nSPS) is 17.8. The zero-order valence-corrected chi connectivity index (χ0v) is 15.0. The van der Waals surface area contributed by atoms with E-state index in [4.69, 9.17) is 4.98 Å². The summed E-state index contributed by atoms with van der Waals surface area (Å²) in [5.41, 5.74) is 2.91. The number of aromatic amines is 2. The predicted molar refractivity (Wildman–Crippen MR) is 96.3 cm³/mol. The van der Waals surface area contributed by atoms with Gasteiger partial charge in [0, 0.05) is 21.7 Å². The SMILES string of the molecule is Cc1[nH]ncc1-c1cc2nc(CN3CCCC3(C)C)[nH]c(=O)c2s1. The van der Waals surface area contributed by atoms with Crippen LogP contribution in [-0.2, 0) is 6.54 Å². The molecule has 0 saturated carbocycles. The number of hydrogen-bond donors (Lipinski definition) is 2. The standard InChI is InChI=1S/C17H21N5OS/c1-10-11(8-18-21-10)13-7-12-15(24-13)16(23)20-14(19-12)9-22-6-4-5-17(22,2)3/h7-8H,4-6,9H2,1-3H3,(H,18,21)(H,19,20,23). The maximum Gasteiger partial charge on any atom is 0.268 e. The van der Waals surface area contributed by atoms with E-state index in [9.17, 15) is 4.79 Å². The minimum atomic E-state index is -0.0515. The molecule has 4 rings (SSSR count). The van der Waals surface area contributed by atoms with Crippen LogP contribution in [0.3, 0.4) is 0 Å². The molecule has 0 atom stereocenters.